The predicted molar refractivity (Wildman–Crippen MR) is 91.3 cm³/mol. The van der Waals surface area contributed by atoms with E-state index in [1.54, 1.807) is 29.2 Å². The zero-order chi connectivity index (χ0) is 19.4. The number of aromatic nitrogens is 2. The minimum atomic E-state index is -4.46. The van der Waals surface area contributed by atoms with Crippen LogP contribution < -0.4 is 9.46 Å². The first-order chi connectivity index (χ1) is 12.9. The monoisotopic (exact) mass is 397 g/mol. The summed E-state index contributed by atoms with van der Waals surface area (Å²) in [6.45, 7) is 0.776. The Kier molecular flexibility index (Phi) is 5.36. The van der Waals surface area contributed by atoms with Gasteiger partial charge in [0.2, 0.25) is 0 Å². The highest BCUT2D eigenvalue weighted by molar-refractivity contribution is 7.92. The lowest BCUT2D eigenvalue weighted by atomic mass is 10.3. The van der Waals surface area contributed by atoms with Gasteiger partial charge in [-0.2, -0.15) is 5.10 Å². The van der Waals surface area contributed by atoms with E-state index in [9.17, 15) is 21.6 Å². The molecule has 0 saturated carbocycles. The molecule has 1 heterocycles. The van der Waals surface area contributed by atoms with Crippen LogP contribution in [0.4, 0.5) is 18.9 Å². The van der Waals surface area contributed by atoms with Crippen molar-refractivity contribution in [3.63, 3.8) is 0 Å². The molecule has 0 fully saturated rings. The van der Waals surface area contributed by atoms with Crippen molar-refractivity contribution in [2.45, 2.75) is 11.4 Å². The molecule has 3 aromatic rings. The number of rotatable bonds is 7. The second kappa shape index (κ2) is 7.70. The van der Waals surface area contributed by atoms with Gasteiger partial charge in [-0.15, -0.1) is 0 Å². The van der Waals surface area contributed by atoms with Crippen LogP contribution in [0.5, 0.6) is 5.75 Å². The van der Waals surface area contributed by atoms with E-state index in [1.165, 1.54) is 18.2 Å². The van der Waals surface area contributed by atoms with Gasteiger partial charge in [0, 0.05) is 18.5 Å². The number of halogens is 3. The van der Waals surface area contributed by atoms with E-state index in [0.29, 0.717) is 24.4 Å². The standard InChI is InChI=1S/C17H14F3N3O3S/c18-14-5-6-15(17(20)16(14)19)27(24,25)22-12-3-1-4-13(11-12)26-10-9-23-8-2-7-21-23/h1-8,11,22H,9-10H2. The predicted octanol–water partition coefficient (Wildman–Crippen LogP) is 3.18. The Morgan fingerprint density at radius 1 is 1.07 bits per heavy atom. The molecule has 0 aliphatic rings. The summed E-state index contributed by atoms with van der Waals surface area (Å²) in [6.07, 6.45) is 3.40. The lowest BCUT2D eigenvalue weighted by Crippen LogP contribution is -2.16. The summed E-state index contributed by atoms with van der Waals surface area (Å²) in [5.74, 6) is -4.74. The lowest BCUT2D eigenvalue weighted by Gasteiger charge is -2.11. The molecule has 142 valence electrons. The van der Waals surface area contributed by atoms with Crippen molar-refractivity contribution in [2.75, 3.05) is 11.3 Å². The quantitative estimate of drug-likeness (QED) is 0.622. The highest BCUT2D eigenvalue weighted by Crippen LogP contribution is 2.24. The molecule has 0 unspecified atom stereocenters. The first-order valence-corrected chi connectivity index (χ1v) is 9.22. The molecule has 27 heavy (non-hydrogen) atoms. The molecule has 2 aromatic carbocycles. The van der Waals surface area contributed by atoms with Gasteiger partial charge in [0.1, 0.15) is 17.3 Å². The van der Waals surface area contributed by atoms with Crippen LogP contribution in [0, 0.1) is 17.5 Å². The van der Waals surface area contributed by atoms with Crippen LogP contribution in [0.3, 0.4) is 0 Å². The number of sulfonamides is 1. The van der Waals surface area contributed by atoms with Crippen LogP contribution >= 0.6 is 0 Å². The third kappa shape index (κ3) is 4.40. The van der Waals surface area contributed by atoms with E-state index in [2.05, 4.69) is 9.82 Å². The molecule has 0 saturated heterocycles. The number of hydrogen-bond donors (Lipinski definition) is 1. The van der Waals surface area contributed by atoms with Gasteiger partial charge in [-0.05, 0) is 30.3 Å². The highest BCUT2D eigenvalue weighted by atomic mass is 32.2. The summed E-state index contributed by atoms with van der Waals surface area (Å²) in [7, 11) is -4.46. The smallest absolute Gasteiger partial charge is 0.264 e. The SMILES string of the molecule is O=S(=O)(Nc1cccc(OCCn2cccn2)c1)c1ccc(F)c(F)c1F. The number of hydrogen-bond acceptors (Lipinski definition) is 4. The molecule has 1 aromatic heterocycles. The van der Waals surface area contributed by atoms with Crippen LogP contribution in [0.1, 0.15) is 0 Å². The Hall–Kier alpha value is -3.01. The summed E-state index contributed by atoms with van der Waals surface area (Å²) < 4.78 is 73.9. The fraction of sp³-hybridized carbons (Fsp3) is 0.118. The van der Waals surface area contributed by atoms with Gasteiger partial charge in [-0.25, -0.2) is 21.6 Å². The number of nitrogens with one attached hydrogen (secondary N) is 1. The molecule has 0 radical (unpaired) electrons. The summed E-state index contributed by atoms with van der Waals surface area (Å²) >= 11 is 0. The Bertz CT molecular complexity index is 1040. The number of anilines is 1. The largest absolute Gasteiger partial charge is 0.492 e. The fourth-order valence-electron chi connectivity index (χ4n) is 2.26. The second-order valence-corrected chi connectivity index (χ2v) is 7.08. The zero-order valence-electron chi connectivity index (χ0n) is 13.8. The summed E-state index contributed by atoms with van der Waals surface area (Å²) in [4.78, 5) is -0.994. The summed E-state index contributed by atoms with van der Waals surface area (Å²) in [5, 5.41) is 4.02. The van der Waals surface area contributed by atoms with Crippen molar-refractivity contribution in [3.8, 4) is 5.75 Å². The first-order valence-electron chi connectivity index (χ1n) is 7.73. The van der Waals surface area contributed by atoms with Crippen molar-refractivity contribution in [3.05, 3.63) is 72.3 Å². The van der Waals surface area contributed by atoms with Crippen molar-refractivity contribution in [1.82, 2.24) is 9.78 Å². The normalized spacial score (nSPS) is 11.4. The molecule has 0 spiro atoms. The maximum Gasteiger partial charge on any atom is 0.264 e. The second-order valence-electron chi connectivity index (χ2n) is 5.42. The minimum Gasteiger partial charge on any atom is -0.492 e. The van der Waals surface area contributed by atoms with Crippen LogP contribution in [0.15, 0.2) is 59.8 Å². The van der Waals surface area contributed by atoms with Crippen LogP contribution in [0.25, 0.3) is 0 Å². The van der Waals surface area contributed by atoms with Crippen LogP contribution in [-0.4, -0.2) is 24.8 Å². The van der Waals surface area contributed by atoms with Gasteiger partial charge >= 0.3 is 0 Å². The van der Waals surface area contributed by atoms with E-state index in [0.717, 1.165) is 0 Å². The van der Waals surface area contributed by atoms with Crippen molar-refractivity contribution in [1.29, 1.82) is 0 Å². The molecule has 0 aliphatic heterocycles. The molecule has 10 heteroatoms. The Morgan fingerprint density at radius 2 is 1.89 bits per heavy atom. The van der Waals surface area contributed by atoms with Crippen molar-refractivity contribution >= 4 is 15.7 Å². The average molecular weight is 397 g/mol. The number of benzene rings is 2. The first kappa shape index (κ1) is 18.8. The van der Waals surface area contributed by atoms with E-state index in [1.807, 2.05) is 0 Å². The molecule has 1 N–H and O–H groups in total. The third-order valence-electron chi connectivity index (χ3n) is 3.52. The molecule has 0 bridgehead atoms. The van der Waals surface area contributed by atoms with Crippen molar-refractivity contribution < 1.29 is 26.3 Å². The fourth-order valence-corrected chi connectivity index (χ4v) is 3.38. The Balaban J connectivity index is 1.72. The maximum absolute atomic E-state index is 13.8. The molecule has 6 nitrogen and oxygen atoms in total. The molecule has 0 aliphatic carbocycles. The van der Waals surface area contributed by atoms with E-state index < -0.39 is 32.4 Å². The maximum atomic E-state index is 13.8. The van der Waals surface area contributed by atoms with Gasteiger partial charge in [0.15, 0.2) is 17.5 Å². The summed E-state index contributed by atoms with van der Waals surface area (Å²) in [6, 6.07) is 8.91. The number of ether oxygens (including phenoxy) is 1. The third-order valence-corrected chi connectivity index (χ3v) is 4.92. The van der Waals surface area contributed by atoms with Crippen LogP contribution in [0.2, 0.25) is 0 Å². The number of nitrogens with zero attached hydrogens (tertiary/aromatic N) is 2. The molecule has 0 amide bonds. The van der Waals surface area contributed by atoms with E-state index in [4.69, 9.17) is 4.74 Å². The van der Waals surface area contributed by atoms with Gasteiger partial charge in [0.25, 0.3) is 10.0 Å². The van der Waals surface area contributed by atoms with Crippen molar-refractivity contribution in [2.24, 2.45) is 0 Å². The van der Waals surface area contributed by atoms with Crippen LogP contribution in [-0.2, 0) is 16.6 Å². The minimum absolute atomic E-state index is 0.0794. The highest BCUT2D eigenvalue weighted by Gasteiger charge is 2.24. The van der Waals surface area contributed by atoms with E-state index >= 15 is 0 Å². The van der Waals surface area contributed by atoms with E-state index in [-0.39, 0.29) is 12.3 Å². The molecular weight excluding hydrogens is 383 g/mol. The van der Waals surface area contributed by atoms with Gasteiger partial charge in [-0.1, -0.05) is 6.07 Å². The lowest BCUT2D eigenvalue weighted by molar-refractivity contribution is 0.291. The topological polar surface area (TPSA) is 73.2 Å². The van der Waals surface area contributed by atoms with Gasteiger partial charge in [-0.3, -0.25) is 9.40 Å². The van der Waals surface area contributed by atoms with Gasteiger partial charge < -0.3 is 4.74 Å². The zero-order valence-corrected chi connectivity index (χ0v) is 14.6. The Morgan fingerprint density at radius 3 is 2.63 bits per heavy atom. The molecule has 0 atom stereocenters. The average Bonchev–Trinajstić information content (AvgIpc) is 3.13. The molecular formula is C17H14F3N3O3S. The van der Waals surface area contributed by atoms with Gasteiger partial charge in [0.05, 0.1) is 12.2 Å². The summed E-state index contributed by atoms with van der Waals surface area (Å²) in [5.41, 5.74) is 0.0794. The Labute approximate surface area is 153 Å². The molecule has 3 rings (SSSR count).